The molecule has 0 aliphatic carbocycles. The molecule has 1 amide bonds. The van der Waals surface area contributed by atoms with Crippen LogP contribution in [-0.4, -0.2) is 15.9 Å². The molecule has 3 aromatic rings. The number of rotatable bonds is 6. The minimum atomic E-state index is -1.75. The zero-order valence-electron chi connectivity index (χ0n) is 14.4. The number of benzene rings is 2. The SMILES string of the molecule is O=C(N[C@@H](Nc1ccc(N=Nc2ccccc2)cc1)C(Cl)(Cl)Cl)c1cccs1. The highest BCUT2D eigenvalue weighted by Crippen LogP contribution is 2.32. The van der Waals surface area contributed by atoms with Crippen LogP contribution < -0.4 is 10.6 Å². The Balaban J connectivity index is 1.67. The summed E-state index contributed by atoms with van der Waals surface area (Å²) in [6.07, 6.45) is -0.927. The fourth-order valence-corrected chi connectivity index (χ4v) is 3.17. The van der Waals surface area contributed by atoms with Gasteiger partial charge in [0.05, 0.1) is 16.3 Å². The first kappa shape index (κ1) is 20.6. The molecule has 0 spiro atoms. The first-order chi connectivity index (χ1) is 13.4. The van der Waals surface area contributed by atoms with Crippen LogP contribution in [0.15, 0.2) is 82.3 Å². The molecule has 2 aromatic carbocycles. The van der Waals surface area contributed by atoms with E-state index in [1.54, 1.807) is 41.8 Å². The molecule has 9 heteroatoms. The van der Waals surface area contributed by atoms with E-state index in [0.29, 0.717) is 16.3 Å². The van der Waals surface area contributed by atoms with Gasteiger partial charge >= 0.3 is 0 Å². The Kier molecular flexibility index (Phi) is 6.91. The maximum Gasteiger partial charge on any atom is 0.263 e. The summed E-state index contributed by atoms with van der Waals surface area (Å²) in [4.78, 5) is 12.8. The maximum absolute atomic E-state index is 12.3. The Morgan fingerprint density at radius 1 is 0.893 bits per heavy atom. The number of azo groups is 1. The third kappa shape index (κ3) is 5.94. The molecule has 0 aliphatic rings. The fourth-order valence-electron chi connectivity index (χ4n) is 2.21. The van der Waals surface area contributed by atoms with Crippen LogP contribution in [0.25, 0.3) is 0 Å². The summed E-state index contributed by atoms with van der Waals surface area (Å²) in [6, 6.07) is 20.0. The molecule has 1 aromatic heterocycles. The molecular formula is C19H15Cl3N4OS. The van der Waals surface area contributed by atoms with E-state index >= 15 is 0 Å². The van der Waals surface area contributed by atoms with Crippen molar-refractivity contribution < 1.29 is 4.79 Å². The van der Waals surface area contributed by atoms with Gasteiger partial charge in [-0.1, -0.05) is 59.1 Å². The van der Waals surface area contributed by atoms with Gasteiger partial charge < -0.3 is 10.6 Å². The molecule has 28 heavy (non-hydrogen) atoms. The molecule has 2 N–H and O–H groups in total. The van der Waals surface area contributed by atoms with Gasteiger partial charge in [0.15, 0.2) is 0 Å². The van der Waals surface area contributed by atoms with E-state index in [1.165, 1.54) is 11.3 Å². The Bertz CT molecular complexity index is 926. The van der Waals surface area contributed by atoms with Crippen molar-refractivity contribution in [3.8, 4) is 0 Å². The van der Waals surface area contributed by atoms with Crippen LogP contribution in [0, 0.1) is 0 Å². The number of amides is 1. The number of carbonyl (C=O) groups is 1. The lowest BCUT2D eigenvalue weighted by atomic mass is 10.3. The maximum atomic E-state index is 12.3. The summed E-state index contributed by atoms with van der Waals surface area (Å²) in [5.41, 5.74) is 2.08. The van der Waals surface area contributed by atoms with E-state index in [9.17, 15) is 4.79 Å². The van der Waals surface area contributed by atoms with Crippen LogP contribution in [0.4, 0.5) is 17.1 Å². The van der Waals surface area contributed by atoms with Gasteiger partial charge in [-0.05, 0) is 47.8 Å². The summed E-state index contributed by atoms with van der Waals surface area (Å²) in [5, 5.41) is 15.8. The lowest BCUT2D eigenvalue weighted by molar-refractivity contribution is 0.0946. The summed E-state index contributed by atoms with van der Waals surface area (Å²) < 4.78 is -1.75. The molecule has 0 bridgehead atoms. The highest BCUT2D eigenvalue weighted by atomic mass is 35.6. The minimum absolute atomic E-state index is 0.327. The number of halogens is 3. The highest BCUT2D eigenvalue weighted by molar-refractivity contribution is 7.12. The zero-order chi connectivity index (χ0) is 20.0. The first-order valence-corrected chi connectivity index (χ1v) is 10.2. The number of thiophene rings is 1. The zero-order valence-corrected chi connectivity index (χ0v) is 17.4. The van der Waals surface area contributed by atoms with Crippen LogP contribution >= 0.6 is 46.1 Å². The van der Waals surface area contributed by atoms with Gasteiger partial charge in [-0.15, -0.1) is 11.3 Å². The van der Waals surface area contributed by atoms with Gasteiger partial charge in [0.2, 0.25) is 3.79 Å². The topological polar surface area (TPSA) is 65.8 Å². The molecule has 1 heterocycles. The molecular weight excluding hydrogens is 439 g/mol. The van der Waals surface area contributed by atoms with Gasteiger partial charge in [0, 0.05) is 5.69 Å². The average molecular weight is 454 g/mol. The van der Waals surface area contributed by atoms with Crippen LogP contribution in [0.2, 0.25) is 0 Å². The number of carbonyl (C=O) groups excluding carboxylic acids is 1. The number of nitrogens with zero attached hydrogens (tertiary/aromatic N) is 2. The Hall–Kier alpha value is -2.12. The molecule has 0 unspecified atom stereocenters. The second kappa shape index (κ2) is 9.39. The van der Waals surface area contributed by atoms with Crippen LogP contribution in [0.1, 0.15) is 9.67 Å². The third-order valence-corrected chi connectivity index (χ3v) is 5.09. The second-order valence-electron chi connectivity index (χ2n) is 5.65. The summed E-state index contributed by atoms with van der Waals surface area (Å²) in [6.45, 7) is 0. The number of hydrogen-bond acceptors (Lipinski definition) is 5. The smallest absolute Gasteiger partial charge is 0.263 e. The van der Waals surface area contributed by atoms with Crippen molar-refractivity contribution in [2.24, 2.45) is 10.2 Å². The molecule has 3 rings (SSSR count). The van der Waals surface area contributed by atoms with E-state index in [2.05, 4.69) is 20.9 Å². The van der Waals surface area contributed by atoms with Gasteiger partial charge in [-0.2, -0.15) is 10.2 Å². The van der Waals surface area contributed by atoms with Crippen molar-refractivity contribution in [1.82, 2.24) is 5.32 Å². The van der Waals surface area contributed by atoms with E-state index in [-0.39, 0.29) is 5.91 Å². The number of hydrogen-bond donors (Lipinski definition) is 2. The van der Waals surface area contributed by atoms with Gasteiger partial charge in [-0.25, -0.2) is 0 Å². The summed E-state index contributed by atoms with van der Waals surface area (Å²) >= 11 is 19.4. The van der Waals surface area contributed by atoms with E-state index in [1.807, 2.05) is 30.3 Å². The van der Waals surface area contributed by atoms with Crippen molar-refractivity contribution in [2.45, 2.75) is 9.96 Å². The van der Waals surface area contributed by atoms with Crippen LogP contribution in [0.3, 0.4) is 0 Å². The van der Waals surface area contributed by atoms with Crippen molar-refractivity contribution in [3.05, 3.63) is 77.0 Å². The monoisotopic (exact) mass is 452 g/mol. The fraction of sp³-hybridized carbons (Fsp3) is 0.105. The third-order valence-electron chi connectivity index (χ3n) is 3.56. The quantitative estimate of drug-likeness (QED) is 0.248. The number of anilines is 1. The predicted molar refractivity (Wildman–Crippen MR) is 117 cm³/mol. The normalized spacial score (nSPS) is 12.7. The molecule has 0 saturated carbocycles. The van der Waals surface area contributed by atoms with E-state index < -0.39 is 9.96 Å². The Labute approximate surface area is 181 Å². The lowest BCUT2D eigenvalue weighted by Crippen LogP contribution is -2.48. The van der Waals surface area contributed by atoms with Crippen molar-refractivity contribution in [1.29, 1.82) is 0 Å². The lowest BCUT2D eigenvalue weighted by Gasteiger charge is -2.27. The Morgan fingerprint density at radius 2 is 1.54 bits per heavy atom. The van der Waals surface area contributed by atoms with Crippen molar-refractivity contribution in [2.75, 3.05) is 5.32 Å². The summed E-state index contributed by atoms with van der Waals surface area (Å²) in [5.74, 6) is -0.327. The number of nitrogens with one attached hydrogen (secondary N) is 2. The second-order valence-corrected chi connectivity index (χ2v) is 8.97. The van der Waals surface area contributed by atoms with Crippen molar-refractivity contribution in [3.63, 3.8) is 0 Å². The first-order valence-electron chi connectivity index (χ1n) is 8.16. The van der Waals surface area contributed by atoms with Gasteiger partial charge in [-0.3, -0.25) is 4.79 Å². The van der Waals surface area contributed by atoms with Crippen LogP contribution in [-0.2, 0) is 0 Å². The summed E-state index contributed by atoms with van der Waals surface area (Å²) in [7, 11) is 0. The number of alkyl halides is 3. The van der Waals surface area contributed by atoms with E-state index in [0.717, 1.165) is 5.69 Å². The molecule has 5 nitrogen and oxygen atoms in total. The standard InChI is InChI=1S/C19H15Cl3N4OS/c20-19(21,22)18(24-17(27)16-7-4-12-28-16)23-13-8-10-15(11-9-13)26-25-14-5-2-1-3-6-14/h1-12,18,23H,(H,24,27)/t18-/m1/s1. The molecule has 0 saturated heterocycles. The molecule has 1 atom stereocenters. The molecule has 0 aliphatic heterocycles. The minimum Gasteiger partial charge on any atom is -0.362 e. The van der Waals surface area contributed by atoms with Crippen molar-refractivity contribution >= 4 is 69.1 Å². The predicted octanol–water partition coefficient (Wildman–Crippen LogP) is 6.70. The molecule has 0 radical (unpaired) electrons. The Morgan fingerprint density at radius 3 is 2.11 bits per heavy atom. The average Bonchev–Trinajstić information content (AvgIpc) is 3.22. The molecule has 144 valence electrons. The van der Waals surface area contributed by atoms with Gasteiger partial charge in [0.1, 0.15) is 6.17 Å². The van der Waals surface area contributed by atoms with E-state index in [4.69, 9.17) is 34.8 Å². The van der Waals surface area contributed by atoms with Gasteiger partial charge in [0.25, 0.3) is 5.91 Å². The highest BCUT2D eigenvalue weighted by Gasteiger charge is 2.34. The largest absolute Gasteiger partial charge is 0.362 e. The van der Waals surface area contributed by atoms with Crippen LogP contribution in [0.5, 0.6) is 0 Å². The molecule has 0 fully saturated rings.